The maximum Gasteiger partial charge on any atom is 0.421 e. The molecule has 0 saturated heterocycles. The third kappa shape index (κ3) is 4.72. The predicted octanol–water partition coefficient (Wildman–Crippen LogP) is 3.14. The molecule has 0 spiro atoms. The SMILES string of the molecule is CCN(CC)c1ccc2c(OC(=O)NI)c(/C=C/c3nnc(C)nn3)c(=O)oc2c1. The van der Waals surface area contributed by atoms with E-state index in [1.54, 1.807) is 41.9 Å². The standard InChI is InChI=1S/C19H19IN6O4/c1-4-26(5-2)12-6-7-13-15(10-12)29-18(27)14(17(13)30-19(28)21-20)8-9-16-24-22-11(3)23-25-16/h6-10H,4-5H2,1-3H3,(H,21,28)/b9-8+. The molecule has 3 aromatic rings. The van der Waals surface area contributed by atoms with E-state index in [2.05, 4.69) is 28.8 Å². The Morgan fingerprint density at radius 2 is 1.90 bits per heavy atom. The van der Waals surface area contributed by atoms with Gasteiger partial charge in [-0.15, -0.1) is 20.4 Å². The number of nitrogens with one attached hydrogen (secondary N) is 1. The van der Waals surface area contributed by atoms with Crippen LogP contribution in [0.5, 0.6) is 5.75 Å². The van der Waals surface area contributed by atoms with Crippen LogP contribution in [0.2, 0.25) is 0 Å². The number of aromatic nitrogens is 4. The molecule has 0 saturated carbocycles. The van der Waals surface area contributed by atoms with E-state index < -0.39 is 11.7 Å². The van der Waals surface area contributed by atoms with Gasteiger partial charge in [-0.05, 0) is 45.1 Å². The number of amides is 1. The van der Waals surface area contributed by atoms with Crippen LogP contribution in [-0.4, -0.2) is 39.6 Å². The second-order valence-corrected chi connectivity index (χ2v) is 6.65. The fraction of sp³-hybridized carbons (Fsp3) is 0.263. The van der Waals surface area contributed by atoms with Gasteiger partial charge in [0, 0.05) is 24.8 Å². The van der Waals surface area contributed by atoms with Gasteiger partial charge in [-0.3, -0.25) is 3.53 Å². The van der Waals surface area contributed by atoms with Gasteiger partial charge in [-0.25, -0.2) is 9.59 Å². The predicted molar refractivity (Wildman–Crippen MR) is 121 cm³/mol. The van der Waals surface area contributed by atoms with Gasteiger partial charge in [0.1, 0.15) is 11.1 Å². The zero-order valence-corrected chi connectivity index (χ0v) is 18.7. The Bertz CT molecular complexity index is 1140. The number of hydrogen-bond acceptors (Lipinski definition) is 9. The fourth-order valence-electron chi connectivity index (χ4n) is 2.84. The Balaban J connectivity index is 2.15. The van der Waals surface area contributed by atoms with Crippen LogP contribution in [0.4, 0.5) is 10.5 Å². The summed E-state index contributed by atoms with van der Waals surface area (Å²) < 4.78 is 13.3. The monoisotopic (exact) mass is 522 g/mol. The van der Waals surface area contributed by atoms with Crippen molar-refractivity contribution in [3.05, 3.63) is 45.8 Å². The van der Waals surface area contributed by atoms with Crippen molar-refractivity contribution in [1.29, 1.82) is 0 Å². The maximum absolute atomic E-state index is 12.7. The summed E-state index contributed by atoms with van der Waals surface area (Å²) in [7, 11) is 0. The number of halogens is 1. The number of ether oxygens (including phenoxy) is 1. The van der Waals surface area contributed by atoms with Gasteiger partial charge in [0.25, 0.3) is 0 Å². The van der Waals surface area contributed by atoms with Crippen molar-refractivity contribution in [2.75, 3.05) is 18.0 Å². The highest BCUT2D eigenvalue weighted by Crippen LogP contribution is 2.32. The molecule has 0 aliphatic carbocycles. The first-order valence-electron chi connectivity index (χ1n) is 9.13. The van der Waals surface area contributed by atoms with E-state index in [0.717, 1.165) is 18.8 Å². The second kappa shape index (κ2) is 9.61. The number of carbonyl (C=O) groups excluding carboxylic acids is 1. The average molecular weight is 522 g/mol. The Morgan fingerprint density at radius 1 is 1.20 bits per heavy atom. The Hall–Kier alpha value is -3.09. The lowest BCUT2D eigenvalue weighted by Gasteiger charge is -2.21. The Morgan fingerprint density at radius 3 is 2.53 bits per heavy atom. The van der Waals surface area contributed by atoms with Crippen molar-refractivity contribution in [2.24, 2.45) is 0 Å². The molecule has 3 rings (SSSR count). The second-order valence-electron chi connectivity index (χ2n) is 6.11. The van der Waals surface area contributed by atoms with E-state index >= 15 is 0 Å². The van der Waals surface area contributed by atoms with Crippen LogP contribution >= 0.6 is 22.9 Å². The number of aryl methyl sites for hydroxylation is 1. The van der Waals surface area contributed by atoms with Crippen LogP contribution in [0.3, 0.4) is 0 Å². The highest BCUT2D eigenvalue weighted by atomic mass is 127. The molecule has 1 aromatic carbocycles. The van der Waals surface area contributed by atoms with Crippen molar-refractivity contribution < 1.29 is 13.9 Å². The number of nitrogens with zero attached hydrogens (tertiary/aromatic N) is 5. The molecule has 0 bridgehead atoms. The molecule has 0 aliphatic heterocycles. The fourth-order valence-corrected chi connectivity index (χ4v) is 2.95. The van der Waals surface area contributed by atoms with Gasteiger partial charge in [0.05, 0.1) is 28.3 Å². The lowest BCUT2D eigenvalue weighted by atomic mass is 10.1. The van der Waals surface area contributed by atoms with Crippen LogP contribution in [0.1, 0.15) is 31.1 Å². The van der Waals surface area contributed by atoms with Gasteiger partial charge in [-0.2, -0.15) is 0 Å². The minimum atomic E-state index is -0.722. The number of anilines is 1. The topological polar surface area (TPSA) is 123 Å². The third-order valence-corrected chi connectivity index (χ3v) is 4.71. The summed E-state index contributed by atoms with van der Waals surface area (Å²) >= 11 is 1.65. The number of rotatable bonds is 6. The van der Waals surface area contributed by atoms with Crippen LogP contribution in [0.15, 0.2) is 27.4 Å². The molecule has 156 valence electrons. The van der Waals surface area contributed by atoms with E-state index in [-0.39, 0.29) is 17.1 Å². The van der Waals surface area contributed by atoms with Crippen molar-refractivity contribution in [3.63, 3.8) is 0 Å². The number of benzene rings is 1. The van der Waals surface area contributed by atoms with Crippen LogP contribution in [0, 0.1) is 6.92 Å². The molecule has 10 nitrogen and oxygen atoms in total. The molecular formula is C19H19IN6O4. The van der Waals surface area contributed by atoms with E-state index in [1.165, 1.54) is 12.2 Å². The number of carbonyl (C=O) groups is 1. The average Bonchev–Trinajstić information content (AvgIpc) is 2.75. The van der Waals surface area contributed by atoms with E-state index in [9.17, 15) is 9.59 Å². The molecule has 0 atom stereocenters. The molecule has 11 heteroatoms. The molecule has 30 heavy (non-hydrogen) atoms. The summed E-state index contributed by atoms with van der Waals surface area (Å²) in [5.74, 6) is 0.691. The van der Waals surface area contributed by atoms with Gasteiger partial charge in [0.15, 0.2) is 17.4 Å². The Kier molecular flexibility index (Phi) is 6.92. The Labute approximate surface area is 185 Å². The highest BCUT2D eigenvalue weighted by Gasteiger charge is 2.18. The largest absolute Gasteiger partial charge is 0.422 e. The molecule has 2 heterocycles. The molecule has 0 radical (unpaired) electrons. The summed E-state index contributed by atoms with van der Waals surface area (Å²) in [5, 5.41) is 15.8. The summed E-state index contributed by atoms with van der Waals surface area (Å²) in [4.78, 5) is 26.7. The lowest BCUT2D eigenvalue weighted by molar-refractivity contribution is 0.209. The summed E-state index contributed by atoms with van der Waals surface area (Å²) in [6, 6.07) is 5.39. The summed E-state index contributed by atoms with van der Waals surface area (Å²) in [6.07, 6.45) is 2.13. The molecule has 1 N–H and O–H groups in total. The molecule has 0 fully saturated rings. The molecular weight excluding hydrogens is 503 g/mol. The normalized spacial score (nSPS) is 11.1. The maximum atomic E-state index is 12.7. The smallest absolute Gasteiger partial charge is 0.421 e. The third-order valence-electron chi connectivity index (χ3n) is 4.27. The van der Waals surface area contributed by atoms with Crippen molar-refractivity contribution in [3.8, 4) is 5.75 Å². The van der Waals surface area contributed by atoms with Gasteiger partial charge < -0.3 is 14.1 Å². The number of hydrogen-bond donors (Lipinski definition) is 1. The first-order valence-corrected chi connectivity index (χ1v) is 10.2. The summed E-state index contributed by atoms with van der Waals surface area (Å²) in [6.45, 7) is 7.33. The van der Waals surface area contributed by atoms with Gasteiger partial charge >= 0.3 is 11.7 Å². The van der Waals surface area contributed by atoms with E-state index in [1.807, 2.05) is 19.9 Å². The minimum Gasteiger partial charge on any atom is -0.422 e. The highest BCUT2D eigenvalue weighted by molar-refractivity contribution is 14.1. The van der Waals surface area contributed by atoms with Crippen LogP contribution in [-0.2, 0) is 0 Å². The van der Waals surface area contributed by atoms with Crippen LogP contribution in [0.25, 0.3) is 23.1 Å². The zero-order chi connectivity index (χ0) is 21.7. The van der Waals surface area contributed by atoms with E-state index in [4.69, 9.17) is 9.15 Å². The quantitative estimate of drug-likeness (QED) is 0.296. The van der Waals surface area contributed by atoms with Crippen molar-refractivity contribution in [2.45, 2.75) is 20.8 Å². The number of fused-ring (bicyclic) bond motifs is 1. The first-order chi connectivity index (χ1) is 14.5. The van der Waals surface area contributed by atoms with Crippen LogP contribution < -0.4 is 18.8 Å². The molecule has 1 amide bonds. The van der Waals surface area contributed by atoms with Crippen molar-refractivity contribution >= 4 is 57.8 Å². The summed E-state index contributed by atoms with van der Waals surface area (Å²) in [5.41, 5.74) is 0.586. The zero-order valence-electron chi connectivity index (χ0n) is 16.5. The first kappa shape index (κ1) is 21.6. The van der Waals surface area contributed by atoms with E-state index in [0.29, 0.717) is 16.8 Å². The van der Waals surface area contributed by atoms with Crippen molar-refractivity contribution in [1.82, 2.24) is 23.9 Å². The minimum absolute atomic E-state index is 0.0438. The van der Waals surface area contributed by atoms with Gasteiger partial charge in [-0.1, -0.05) is 0 Å². The van der Waals surface area contributed by atoms with Gasteiger partial charge in [0.2, 0.25) is 0 Å². The molecule has 2 aromatic heterocycles. The molecule has 0 unspecified atom stereocenters. The molecule has 0 aliphatic rings. The lowest BCUT2D eigenvalue weighted by Crippen LogP contribution is -2.22.